The number of benzene rings is 2. The van der Waals surface area contributed by atoms with Crippen LogP contribution in [-0.4, -0.2) is 54.3 Å². The van der Waals surface area contributed by atoms with Crippen molar-refractivity contribution < 1.29 is 14.2 Å². The van der Waals surface area contributed by atoms with E-state index in [1.165, 1.54) is 6.33 Å². The summed E-state index contributed by atoms with van der Waals surface area (Å²) in [7, 11) is 0. The first kappa shape index (κ1) is 21.9. The molecule has 3 heterocycles. The molecule has 2 N–H and O–H groups in total. The van der Waals surface area contributed by atoms with Gasteiger partial charge in [0, 0.05) is 41.9 Å². The lowest BCUT2D eigenvalue weighted by Gasteiger charge is -2.26. The third kappa shape index (κ3) is 5.55. The van der Waals surface area contributed by atoms with E-state index >= 15 is 0 Å². The zero-order valence-electron chi connectivity index (χ0n) is 18.2. The smallest absolute Gasteiger partial charge is 0.248 e. The highest BCUT2D eigenvalue weighted by atomic mass is 79.9. The summed E-state index contributed by atoms with van der Waals surface area (Å²) < 4.78 is 18.5. The predicted octanol–water partition coefficient (Wildman–Crippen LogP) is 4.80. The number of morpholine rings is 1. The van der Waals surface area contributed by atoms with E-state index in [1.54, 1.807) is 0 Å². The number of nitrogens with one attached hydrogen (secondary N) is 2. The normalized spacial score (nSPS) is 15.4. The summed E-state index contributed by atoms with van der Waals surface area (Å²) in [6.45, 7) is 5.94. The molecule has 172 valence electrons. The molecule has 1 aromatic heterocycles. The fraction of sp³-hybridized carbons (Fsp3) is 0.333. The number of halogens is 1. The Kier molecular flexibility index (Phi) is 6.89. The van der Waals surface area contributed by atoms with Crippen molar-refractivity contribution in [3.05, 3.63) is 58.8 Å². The van der Waals surface area contributed by atoms with Crippen molar-refractivity contribution in [3.8, 4) is 17.4 Å². The van der Waals surface area contributed by atoms with Gasteiger partial charge in [0.25, 0.3) is 0 Å². The molecular formula is C24H26BrN5O3. The highest BCUT2D eigenvalue weighted by Crippen LogP contribution is 2.39. The van der Waals surface area contributed by atoms with Crippen LogP contribution in [0.1, 0.15) is 12.0 Å². The Bertz CT molecular complexity index is 1110. The monoisotopic (exact) mass is 511 g/mol. The van der Waals surface area contributed by atoms with E-state index in [2.05, 4.69) is 41.4 Å². The quantitative estimate of drug-likeness (QED) is 0.437. The van der Waals surface area contributed by atoms with Crippen molar-refractivity contribution in [1.29, 1.82) is 0 Å². The second-order valence-electron chi connectivity index (χ2n) is 7.92. The summed E-state index contributed by atoms with van der Waals surface area (Å²) in [5.41, 5.74) is 2.65. The Hall–Kier alpha value is -2.88. The third-order valence-corrected chi connectivity index (χ3v) is 6.08. The number of hydrogen-bond acceptors (Lipinski definition) is 8. The molecule has 0 atom stereocenters. The lowest BCUT2D eigenvalue weighted by atomic mass is 10.2. The molecule has 3 aromatic rings. The van der Waals surface area contributed by atoms with Crippen LogP contribution in [0.15, 0.2) is 53.3 Å². The summed E-state index contributed by atoms with van der Waals surface area (Å²) in [4.78, 5) is 11.2. The van der Waals surface area contributed by atoms with Gasteiger partial charge < -0.3 is 24.8 Å². The molecule has 2 aliphatic heterocycles. The first-order valence-electron chi connectivity index (χ1n) is 11.1. The van der Waals surface area contributed by atoms with E-state index in [1.807, 2.05) is 42.5 Å². The standard InChI is InChI=1S/C24H26BrN5O3/c25-18-3-1-4-19(14-18)29-23-22-24(28-16-27-23)33-21-6-5-20(13-17(21)15-26-22)32-10-2-7-30-8-11-31-12-9-30/h1,3-6,13-14,16,26H,2,7-12,15H2,(H,27,28,29). The van der Waals surface area contributed by atoms with Crippen LogP contribution >= 0.6 is 15.9 Å². The number of ether oxygens (including phenoxy) is 3. The maximum absolute atomic E-state index is 6.13. The SMILES string of the molecule is Brc1cccc(Nc2ncnc3c2NCc2cc(OCCCN4CCOCC4)ccc2O3)c1. The molecule has 0 radical (unpaired) electrons. The molecule has 0 aliphatic carbocycles. The second-order valence-corrected chi connectivity index (χ2v) is 8.83. The topological polar surface area (TPSA) is 80.8 Å². The first-order valence-corrected chi connectivity index (χ1v) is 11.9. The number of nitrogens with zero attached hydrogens (tertiary/aromatic N) is 3. The highest BCUT2D eigenvalue weighted by Gasteiger charge is 2.20. The van der Waals surface area contributed by atoms with Crippen LogP contribution in [0, 0.1) is 0 Å². The van der Waals surface area contributed by atoms with Gasteiger partial charge in [0.1, 0.15) is 23.5 Å². The molecule has 1 saturated heterocycles. The van der Waals surface area contributed by atoms with E-state index < -0.39 is 0 Å². The Balaban J connectivity index is 1.23. The van der Waals surface area contributed by atoms with Crippen molar-refractivity contribution in [2.75, 3.05) is 50.1 Å². The maximum atomic E-state index is 6.13. The molecule has 0 unspecified atom stereocenters. The Morgan fingerprint density at radius 2 is 2.03 bits per heavy atom. The minimum Gasteiger partial charge on any atom is -0.494 e. The van der Waals surface area contributed by atoms with Crippen molar-refractivity contribution in [2.45, 2.75) is 13.0 Å². The molecule has 0 amide bonds. The van der Waals surface area contributed by atoms with E-state index in [-0.39, 0.29) is 0 Å². The van der Waals surface area contributed by atoms with Crippen molar-refractivity contribution in [2.24, 2.45) is 0 Å². The Morgan fingerprint density at radius 3 is 2.91 bits per heavy atom. The van der Waals surface area contributed by atoms with E-state index in [0.29, 0.717) is 24.8 Å². The second kappa shape index (κ2) is 10.4. The molecule has 2 aromatic carbocycles. The lowest BCUT2D eigenvalue weighted by molar-refractivity contribution is 0.0358. The van der Waals surface area contributed by atoms with Gasteiger partial charge in [0.15, 0.2) is 5.82 Å². The summed E-state index contributed by atoms with van der Waals surface area (Å²) >= 11 is 3.50. The Morgan fingerprint density at radius 1 is 1.12 bits per heavy atom. The Labute approximate surface area is 201 Å². The first-order chi connectivity index (χ1) is 16.2. The number of rotatable bonds is 7. The molecule has 0 saturated carbocycles. The van der Waals surface area contributed by atoms with Gasteiger partial charge in [-0.05, 0) is 42.8 Å². The lowest BCUT2D eigenvalue weighted by Crippen LogP contribution is -2.37. The van der Waals surface area contributed by atoms with Gasteiger partial charge in [-0.1, -0.05) is 22.0 Å². The van der Waals surface area contributed by atoms with E-state index in [4.69, 9.17) is 14.2 Å². The van der Waals surface area contributed by atoms with Gasteiger partial charge in [-0.3, -0.25) is 4.90 Å². The largest absolute Gasteiger partial charge is 0.494 e. The van der Waals surface area contributed by atoms with Crippen LogP contribution in [0.5, 0.6) is 17.4 Å². The van der Waals surface area contributed by atoms with Crippen LogP contribution in [0.2, 0.25) is 0 Å². The van der Waals surface area contributed by atoms with Gasteiger partial charge in [0.2, 0.25) is 5.88 Å². The van der Waals surface area contributed by atoms with Gasteiger partial charge in [-0.15, -0.1) is 0 Å². The molecule has 9 heteroatoms. The summed E-state index contributed by atoms with van der Waals surface area (Å²) in [5, 5.41) is 6.76. The van der Waals surface area contributed by atoms with Crippen LogP contribution < -0.4 is 20.1 Å². The molecule has 5 rings (SSSR count). The minimum atomic E-state index is 0.487. The van der Waals surface area contributed by atoms with Crippen molar-refractivity contribution >= 4 is 33.1 Å². The number of fused-ring (bicyclic) bond motifs is 2. The summed E-state index contributed by atoms with van der Waals surface area (Å²) in [6, 6.07) is 13.8. The fourth-order valence-electron chi connectivity index (χ4n) is 3.88. The number of anilines is 3. The zero-order chi connectivity index (χ0) is 22.5. The maximum Gasteiger partial charge on any atom is 0.248 e. The molecular weight excluding hydrogens is 486 g/mol. The average Bonchev–Trinajstić information content (AvgIpc) is 3.02. The molecule has 33 heavy (non-hydrogen) atoms. The van der Waals surface area contributed by atoms with Crippen LogP contribution in [0.25, 0.3) is 0 Å². The number of aromatic nitrogens is 2. The molecule has 0 bridgehead atoms. The van der Waals surface area contributed by atoms with Gasteiger partial charge in [-0.2, -0.15) is 4.98 Å². The van der Waals surface area contributed by atoms with Crippen molar-refractivity contribution in [1.82, 2.24) is 14.9 Å². The molecule has 1 fully saturated rings. The van der Waals surface area contributed by atoms with Gasteiger partial charge in [-0.25, -0.2) is 4.98 Å². The molecule has 8 nitrogen and oxygen atoms in total. The molecule has 2 aliphatic rings. The average molecular weight is 512 g/mol. The summed E-state index contributed by atoms with van der Waals surface area (Å²) in [6.07, 6.45) is 2.48. The van der Waals surface area contributed by atoms with E-state index in [9.17, 15) is 0 Å². The van der Waals surface area contributed by atoms with Crippen LogP contribution in [0.3, 0.4) is 0 Å². The van der Waals surface area contributed by atoms with E-state index in [0.717, 1.165) is 72.2 Å². The molecule has 0 spiro atoms. The van der Waals surface area contributed by atoms with Crippen LogP contribution in [-0.2, 0) is 11.3 Å². The summed E-state index contributed by atoms with van der Waals surface area (Å²) in [5.74, 6) is 2.74. The zero-order valence-corrected chi connectivity index (χ0v) is 19.8. The minimum absolute atomic E-state index is 0.487. The predicted molar refractivity (Wildman–Crippen MR) is 131 cm³/mol. The van der Waals surface area contributed by atoms with Gasteiger partial charge in [0.05, 0.1) is 19.8 Å². The number of hydrogen-bond donors (Lipinski definition) is 2. The van der Waals surface area contributed by atoms with Gasteiger partial charge >= 0.3 is 0 Å². The van der Waals surface area contributed by atoms with Crippen molar-refractivity contribution in [3.63, 3.8) is 0 Å². The third-order valence-electron chi connectivity index (χ3n) is 5.59. The highest BCUT2D eigenvalue weighted by molar-refractivity contribution is 9.10. The fourth-order valence-corrected chi connectivity index (χ4v) is 4.28. The van der Waals surface area contributed by atoms with Crippen LogP contribution in [0.4, 0.5) is 17.2 Å².